The second kappa shape index (κ2) is 9.58. The van der Waals surface area contributed by atoms with E-state index in [9.17, 15) is 4.79 Å². The summed E-state index contributed by atoms with van der Waals surface area (Å²) in [5.74, 6) is 0. The Kier molecular flexibility index (Phi) is 6.44. The Bertz CT molecular complexity index is 947. The smallest absolute Gasteiger partial charge is 0.315 e. The lowest BCUT2D eigenvalue weighted by Gasteiger charge is -2.27. The summed E-state index contributed by atoms with van der Waals surface area (Å²) in [4.78, 5) is 17.9. The van der Waals surface area contributed by atoms with Gasteiger partial charge in [0.25, 0.3) is 0 Å². The zero-order valence-electron chi connectivity index (χ0n) is 16.6. The first-order chi connectivity index (χ1) is 14.3. The minimum absolute atomic E-state index is 0.133. The molecule has 0 spiro atoms. The predicted molar refractivity (Wildman–Crippen MR) is 115 cm³/mol. The quantitative estimate of drug-likeness (QED) is 0.579. The molecule has 0 saturated carbocycles. The number of H-pyrrole nitrogens is 1. The molecule has 2 amide bonds. The lowest BCUT2D eigenvalue weighted by Crippen LogP contribution is -2.37. The van der Waals surface area contributed by atoms with Gasteiger partial charge in [-0.25, -0.2) is 4.79 Å². The van der Waals surface area contributed by atoms with E-state index in [1.165, 1.54) is 16.5 Å². The molecule has 0 unspecified atom stereocenters. The molecule has 1 fully saturated rings. The Morgan fingerprint density at radius 2 is 1.72 bits per heavy atom. The second-order valence-corrected chi connectivity index (χ2v) is 7.38. The lowest BCUT2D eigenvalue weighted by atomic mass is 10.1. The number of benzene rings is 2. The van der Waals surface area contributed by atoms with Crippen LogP contribution >= 0.6 is 0 Å². The summed E-state index contributed by atoms with van der Waals surface area (Å²) in [5, 5.41) is 7.17. The number of ether oxygens (including phenoxy) is 1. The molecule has 3 N–H and O–H groups in total. The zero-order chi connectivity index (χ0) is 19.9. The Hall–Kier alpha value is -2.83. The van der Waals surface area contributed by atoms with E-state index in [0.717, 1.165) is 50.3 Å². The van der Waals surface area contributed by atoms with Crippen molar-refractivity contribution >= 4 is 16.9 Å². The van der Waals surface area contributed by atoms with Gasteiger partial charge in [0.2, 0.25) is 0 Å². The number of urea groups is 1. The zero-order valence-corrected chi connectivity index (χ0v) is 16.6. The fourth-order valence-electron chi connectivity index (χ4n) is 3.77. The first kappa shape index (κ1) is 19.5. The molecule has 1 aliphatic heterocycles. The number of nitrogens with one attached hydrogen (secondary N) is 3. The van der Waals surface area contributed by atoms with Gasteiger partial charge >= 0.3 is 6.03 Å². The van der Waals surface area contributed by atoms with Crippen molar-refractivity contribution in [1.82, 2.24) is 20.5 Å². The van der Waals surface area contributed by atoms with Gasteiger partial charge in [0, 0.05) is 49.8 Å². The van der Waals surface area contributed by atoms with Crippen molar-refractivity contribution in [2.75, 3.05) is 32.8 Å². The van der Waals surface area contributed by atoms with E-state index in [2.05, 4.69) is 50.8 Å². The molecule has 1 saturated heterocycles. The van der Waals surface area contributed by atoms with Crippen LogP contribution < -0.4 is 10.6 Å². The van der Waals surface area contributed by atoms with Crippen molar-refractivity contribution < 1.29 is 9.53 Å². The maximum Gasteiger partial charge on any atom is 0.315 e. The third-order valence-corrected chi connectivity index (χ3v) is 5.41. The van der Waals surface area contributed by atoms with Crippen molar-refractivity contribution in [1.29, 1.82) is 0 Å². The van der Waals surface area contributed by atoms with E-state index >= 15 is 0 Å². The molecule has 0 bridgehead atoms. The molecule has 2 heterocycles. The third kappa shape index (κ3) is 5.16. The standard InChI is InChI=1S/C23H28N4O2/c28-23(24-10-9-19-16-25-22-8-4-3-7-21(19)22)26-15-18-5-1-2-6-20(18)17-27-11-13-29-14-12-27/h1-8,16,25H,9-15,17H2,(H2,24,26,28). The Morgan fingerprint density at radius 3 is 2.59 bits per heavy atom. The molecule has 6 heteroatoms. The molecule has 1 aliphatic rings. The number of rotatable bonds is 7. The van der Waals surface area contributed by atoms with Crippen LogP contribution in [0.4, 0.5) is 4.79 Å². The maximum atomic E-state index is 12.3. The number of amides is 2. The van der Waals surface area contributed by atoms with Crippen LogP contribution in [-0.4, -0.2) is 48.8 Å². The van der Waals surface area contributed by atoms with Gasteiger partial charge < -0.3 is 20.4 Å². The molecule has 152 valence electrons. The minimum atomic E-state index is -0.133. The first-order valence-electron chi connectivity index (χ1n) is 10.2. The van der Waals surface area contributed by atoms with Crippen LogP contribution in [0.25, 0.3) is 10.9 Å². The summed E-state index contributed by atoms with van der Waals surface area (Å²) in [5.41, 5.74) is 4.76. The van der Waals surface area contributed by atoms with Gasteiger partial charge in [-0.3, -0.25) is 4.90 Å². The first-order valence-corrected chi connectivity index (χ1v) is 10.2. The van der Waals surface area contributed by atoms with Gasteiger partial charge in [0.05, 0.1) is 13.2 Å². The van der Waals surface area contributed by atoms with Crippen LogP contribution in [0.1, 0.15) is 16.7 Å². The number of fused-ring (bicyclic) bond motifs is 1. The highest BCUT2D eigenvalue weighted by Gasteiger charge is 2.13. The van der Waals surface area contributed by atoms with Gasteiger partial charge in [-0.05, 0) is 29.2 Å². The summed E-state index contributed by atoms with van der Waals surface area (Å²) >= 11 is 0. The van der Waals surface area contributed by atoms with Crippen molar-refractivity contribution in [2.45, 2.75) is 19.5 Å². The molecule has 1 aromatic heterocycles. The van der Waals surface area contributed by atoms with Gasteiger partial charge in [0.15, 0.2) is 0 Å². The molecule has 6 nitrogen and oxygen atoms in total. The highest BCUT2D eigenvalue weighted by atomic mass is 16.5. The predicted octanol–water partition coefficient (Wildman–Crippen LogP) is 3.04. The SMILES string of the molecule is O=C(NCCc1c[nH]c2ccccc12)NCc1ccccc1CN1CCOCC1. The molecular formula is C23H28N4O2. The molecule has 2 aromatic carbocycles. The van der Waals surface area contributed by atoms with Gasteiger partial charge in [0.1, 0.15) is 0 Å². The summed E-state index contributed by atoms with van der Waals surface area (Å²) in [6.07, 6.45) is 2.82. The normalized spacial score (nSPS) is 14.8. The van der Waals surface area contributed by atoms with E-state index in [0.29, 0.717) is 13.1 Å². The average Bonchev–Trinajstić information content (AvgIpc) is 3.17. The molecule has 0 aliphatic carbocycles. The third-order valence-electron chi connectivity index (χ3n) is 5.41. The summed E-state index contributed by atoms with van der Waals surface area (Å²) in [6, 6.07) is 16.4. The summed E-state index contributed by atoms with van der Waals surface area (Å²) in [7, 11) is 0. The van der Waals surface area contributed by atoms with Crippen LogP contribution in [0.5, 0.6) is 0 Å². The van der Waals surface area contributed by atoms with E-state index in [-0.39, 0.29) is 6.03 Å². The molecule has 0 radical (unpaired) electrons. The minimum Gasteiger partial charge on any atom is -0.379 e. The Labute approximate surface area is 171 Å². The Balaban J connectivity index is 1.25. The summed E-state index contributed by atoms with van der Waals surface area (Å²) < 4.78 is 5.43. The molecule has 29 heavy (non-hydrogen) atoms. The van der Waals surface area contributed by atoms with Crippen molar-refractivity contribution in [3.05, 3.63) is 71.4 Å². The van der Waals surface area contributed by atoms with Gasteiger partial charge in [-0.15, -0.1) is 0 Å². The van der Waals surface area contributed by atoms with E-state index in [1.807, 2.05) is 24.4 Å². The number of morpholine rings is 1. The van der Waals surface area contributed by atoms with Crippen molar-refractivity contribution in [2.24, 2.45) is 0 Å². The van der Waals surface area contributed by atoms with Gasteiger partial charge in [-0.2, -0.15) is 0 Å². The highest BCUT2D eigenvalue weighted by Crippen LogP contribution is 2.17. The number of hydrogen-bond donors (Lipinski definition) is 3. The van der Waals surface area contributed by atoms with Crippen molar-refractivity contribution in [3.8, 4) is 0 Å². The van der Waals surface area contributed by atoms with E-state index < -0.39 is 0 Å². The largest absolute Gasteiger partial charge is 0.379 e. The monoisotopic (exact) mass is 392 g/mol. The number of carbonyl (C=O) groups excluding carboxylic acids is 1. The van der Waals surface area contributed by atoms with Crippen molar-refractivity contribution in [3.63, 3.8) is 0 Å². The van der Waals surface area contributed by atoms with Crippen LogP contribution in [0, 0.1) is 0 Å². The topological polar surface area (TPSA) is 69.4 Å². The highest BCUT2D eigenvalue weighted by molar-refractivity contribution is 5.83. The lowest BCUT2D eigenvalue weighted by molar-refractivity contribution is 0.0341. The number of carbonyl (C=O) groups is 1. The second-order valence-electron chi connectivity index (χ2n) is 7.38. The number of hydrogen-bond acceptors (Lipinski definition) is 3. The molecule has 4 rings (SSSR count). The van der Waals surface area contributed by atoms with Crippen LogP contribution in [0.15, 0.2) is 54.7 Å². The van der Waals surface area contributed by atoms with Crippen LogP contribution in [0.2, 0.25) is 0 Å². The number of para-hydroxylation sites is 1. The van der Waals surface area contributed by atoms with Crippen LogP contribution in [0.3, 0.4) is 0 Å². The van der Waals surface area contributed by atoms with Gasteiger partial charge in [-0.1, -0.05) is 42.5 Å². The maximum absolute atomic E-state index is 12.3. The summed E-state index contributed by atoms with van der Waals surface area (Å²) in [6.45, 7) is 5.51. The van der Waals surface area contributed by atoms with E-state index in [1.54, 1.807) is 0 Å². The molecular weight excluding hydrogens is 364 g/mol. The number of aromatic amines is 1. The van der Waals surface area contributed by atoms with Crippen LogP contribution in [-0.2, 0) is 24.2 Å². The number of aromatic nitrogens is 1. The van der Waals surface area contributed by atoms with E-state index in [4.69, 9.17) is 4.74 Å². The Morgan fingerprint density at radius 1 is 0.966 bits per heavy atom. The fraction of sp³-hybridized carbons (Fsp3) is 0.348. The molecule has 0 atom stereocenters. The fourth-order valence-corrected chi connectivity index (χ4v) is 3.77. The number of nitrogens with zero attached hydrogens (tertiary/aromatic N) is 1. The molecule has 3 aromatic rings. The average molecular weight is 393 g/mol.